The smallest absolute Gasteiger partial charge is 0.168 e. The van der Waals surface area contributed by atoms with Crippen molar-refractivity contribution < 1.29 is 14.3 Å². The minimum atomic E-state index is -0.0187. The van der Waals surface area contributed by atoms with Gasteiger partial charge in [-0.05, 0) is 54.4 Å². The summed E-state index contributed by atoms with van der Waals surface area (Å²) in [5.74, 6) is 0.906. The van der Waals surface area contributed by atoms with Crippen LogP contribution in [0.25, 0.3) is 0 Å². The fourth-order valence-electron chi connectivity index (χ4n) is 2.22. The lowest BCUT2D eigenvalue weighted by Crippen LogP contribution is -2.21. The Morgan fingerprint density at radius 3 is 2.89 bits per heavy atom. The number of ketones is 1. The lowest BCUT2D eigenvalue weighted by Gasteiger charge is -2.13. The molecule has 1 aromatic rings. The maximum Gasteiger partial charge on any atom is 0.168 e. The molecular formula is C14H17BrO3. The Morgan fingerprint density at radius 1 is 1.56 bits per heavy atom. The molecule has 0 aromatic heterocycles. The van der Waals surface area contributed by atoms with Crippen LogP contribution < -0.4 is 4.74 Å². The maximum absolute atomic E-state index is 12.3. The van der Waals surface area contributed by atoms with Crippen molar-refractivity contribution in [3.63, 3.8) is 0 Å². The van der Waals surface area contributed by atoms with Gasteiger partial charge in [0, 0.05) is 12.2 Å². The molecule has 1 heterocycles. The molecule has 1 fully saturated rings. The number of benzene rings is 1. The van der Waals surface area contributed by atoms with Gasteiger partial charge in [-0.25, -0.2) is 0 Å². The van der Waals surface area contributed by atoms with Crippen molar-refractivity contribution in [1.29, 1.82) is 0 Å². The highest BCUT2D eigenvalue weighted by atomic mass is 79.9. The van der Waals surface area contributed by atoms with E-state index in [1.807, 2.05) is 32.0 Å². The highest BCUT2D eigenvalue weighted by Crippen LogP contribution is 2.30. The number of ether oxygens (including phenoxy) is 2. The zero-order valence-corrected chi connectivity index (χ0v) is 12.2. The van der Waals surface area contributed by atoms with Crippen LogP contribution in [0.15, 0.2) is 22.7 Å². The highest BCUT2D eigenvalue weighted by molar-refractivity contribution is 9.10. The molecule has 1 aliphatic rings. The van der Waals surface area contributed by atoms with Gasteiger partial charge >= 0.3 is 0 Å². The van der Waals surface area contributed by atoms with Crippen molar-refractivity contribution >= 4 is 21.7 Å². The number of carbonyl (C=O) groups excluding carboxylic acids is 1. The Hall–Kier alpha value is -0.870. The molecule has 0 radical (unpaired) electrons. The molecule has 0 amide bonds. The second-order valence-corrected chi connectivity index (χ2v) is 5.27. The lowest BCUT2D eigenvalue weighted by atomic mass is 9.92. The van der Waals surface area contributed by atoms with Crippen LogP contribution in [0.3, 0.4) is 0 Å². The molecule has 1 saturated heterocycles. The molecule has 0 N–H and O–H groups in total. The maximum atomic E-state index is 12.3. The normalized spacial score (nSPS) is 23.1. The summed E-state index contributed by atoms with van der Waals surface area (Å²) in [6.07, 6.45) is 0.827. The first-order chi connectivity index (χ1) is 8.63. The summed E-state index contributed by atoms with van der Waals surface area (Å²) < 4.78 is 11.7. The monoisotopic (exact) mass is 312 g/mol. The standard InChI is InChI=1S/C14H17BrO3/c1-3-17-13-5-4-10(8-12(13)15)14(16)11-6-7-18-9(11)2/h4-5,8-9,11H,3,6-7H2,1-2H3. The Morgan fingerprint density at radius 2 is 2.33 bits per heavy atom. The average Bonchev–Trinajstić information content (AvgIpc) is 2.77. The van der Waals surface area contributed by atoms with Gasteiger partial charge < -0.3 is 9.47 Å². The average molecular weight is 313 g/mol. The first-order valence-corrected chi connectivity index (χ1v) is 7.01. The van der Waals surface area contributed by atoms with Crippen LogP contribution in [0.5, 0.6) is 5.75 Å². The Balaban J connectivity index is 2.18. The zero-order valence-electron chi connectivity index (χ0n) is 10.6. The van der Waals surface area contributed by atoms with Crippen molar-refractivity contribution in [2.45, 2.75) is 26.4 Å². The Bertz CT molecular complexity index is 445. The third kappa shape index (κ3) is 2.75. The quantitative estimate of drug-likeness (QED) is 0.799. The summed E-state index contributed by atoms with van der Waals surface area (Å²) in [6.45, 7) is 5.18. The van der Waals surface area contributed by atoms with Gasteiger partial charge in [-0.15, -0.1) is 0 Å². The zero-order chi connectivity index (χ0) is 13.1. The molecule has 3 nitrogen and oxygen atoms in total. The van der Waals surface area contributed by atoms with E-state index in [4.69, 9.17) is 9.47 Å². The van der Waals surface area contributed by atoms with Crippen LogP contribution in [0, 0.1) is 5.92 Å². The van der Waals surface area contributed by atoms with Crippen LogP contribution in [0.1, 0.15) is 30.6 Å². The van der Waals surface area contributed by atoms with Gasteiger partial charge in [-0.2, -0.15) is 0 Å². The predicted molar refractivity (Wildman–Crippen MR) is 73.2 cm³/mol. The van der Waals surface area contributed by atoms with Crippen LogP contribution in [0.2, 0.25) is 0 Å². The van der Waals surface area contributed by atoms with E-state index in [0.29, 0.717) is 18.8 Å². The summed E-state index contributed by atoms with van der Waals surface area (Å²) >= 11 is 3.43. The van der Waals surface area contributed by atoms with Gasteiger partial charge in [0.15, 0.2) is 5.78 Å². The van der Waals surface area contributed by atoms with Crippen molar-refractivity contribution in [2.24, 2.45) is 5.92 Å². The fraction of sp³-hybridized carbons (Fsp3) is 0.500. The number of rotatable bonds is 4. The van der Waals surface area contributed by atoms with E-state index in [2.05, 4.69) is 15.9 Å². The minimum absolute atomic E-state index is 0.0165. The molecule has 0 spiro atoms. The van der Waals surface area contributed by atoms with Gasteiger partial charge in [0.2, 0.25) is 0 Å². The Kier molecular flexibility index (Phi) is 4.40. The third-order valence-electron chi connectivity index (χ3n) is 3.23. The molecule has 1 aromatic carbocycles. The van der Waals surface area contributed by atoms with Crippen molar-refractivity contribution in [3.8, 4) is 5.75 Å². The number of carbonyl (C=O) groups is 1. The summed E-state index contributed by atoms with van der Waals surface area (Å²) in [7, 11) is 0. The van der Waals surface area contributed by atoms with E-state index >= 15 is 0 Å². The highest BCUT2D eigenvalue weighted by Gasteiger charge is 2.31. The summed E-state index contributed by atoms with van der Waals surface area (Å²) in [6, 6.07) is 5.49. The van der Waals surface area contributed by atoms with Gasteiger partial charge in [0.05, 0.1) is 23.1 Å². The molecule has 98 valence electrons. The molecule has 0 aliphatic carbocycles. The van der Waals surface area contributed by atoms with Gasteiger partial charge in [0.25, 0.3) is 0 Å². The summed E-state index contributed by atoms with van der Waals surface area (Å²) in [4.78, 5) is 12.3. The molecule has 1 aliphatic heterocycles. The first kappa shape index (κ1) is 13.6. The van der Waals surface area contributed by atoms with Gasteiger partial charge in [-0.1, -0.05) is 0 Å². The van der Waals surface area contributed by atoms with Crippen molar-refractivity contribution in [2.75, 3.05) is 13.2 Å². The molecule has 0 saturated carbocycles. The molecule has 18 heavy (non-hydrogen) atoms. The fourth-order valence-corrected chi connectivity index (χ4v) is 2.71. The lowest BCUT2D eigenvalue weighted by molar-refractivity contribution is 0.0764. The first-order valence-electron chi connectivity index (χ1n) is 6.21. The molecule has 4 heteroatoms. The second kappa shape index (κ2) is 5.85. The summed E-state index contributed by atoms with van der Waals surface area (Å²) in [5.41, 5.74) is 0.715. The van der Waals surface area contributed by atoms with Crippen molar-refractivity contribution in [1.82, 2.24) is 0 Å². The number of hydrogen-bond donors (Lipinski definition) is 0. The van der Waals surface area contributed by atoms with Crippen LogP contribution in [0.4, 0.5) is 0 Å². The number of Topliss-reactive ketones (excluding diaryl/α,β-unsaturated/α-hetero) is 1. The van der Waals surface area contributed by atoms with Crippen molar-refractivity contribution in [3.05, 3.63) is 28.2 Å². The van der Waals surface area contributed by atoms with E-state index in [0.717, 1.165) is 16.6 Å². The van der Waals surface area contributed by atoms with E-state index in [1.54, 1.807) is 0 Å². The molecule has 2 atom stereocenters. The third-order valence-corrected chi connectivity index (χ3v) is 3.85. The summed E-state index contributed by atoms with van der Waals surface area (Å²) in [5, 5.41) is 0. The van der Waals surface area contributed by atoms with Crippen LogP contribution >= 0.6 is 15.9 Å². The number of hydrogen-bond acceptors (Lipinski definition) is 3. The van der Waals surface area contributed by atoms with Gasteiger partial charge in [-0.3, -0.25) is 4.79 Å². The second-order valence-electron chi connectivity index (χ2n) is 4.41. The molecule has 2 rings (SSSR count). The minimum Gasteiger partial charge on any atom is -0.493 e. The largest absolute Gasteiger partial charge is 0.493 e. The van der Waals surface area contributed by atoms with E-state index in [9.17, 15) is 4.79 Å². The van der Waals surface area contributed by atoms with E-state index in [-0.39, 0.29) is 17.8 Å². The molecule has 2 unspecified atom stereocenters. The van der Waals surface area contributed by atoms with E-state index in [1.165, 1.54) is 0 Å². The molecular weight excluding hydrogens is 296 g/mol. The Labute approximate surface area is 116 Å². The van der Waals surface area contributed by atoms with E-state index < -0.39 is 0 Å². The van der Waals surface area contributed by atoms with Crippen LogP contribution in [-0.2, 0) is 4.74 Å². The van der Waals surface area contributed by atoms with Crippen LogP contribution in [-0.4, -0.2) is 25.1 Å². The van der Waals surface area contributed by atoms with Gasteiger partial charge in [0.1, 0.15) is 5.75 Å². The topological polar surface area (TPSA) is 35.5 Å². The number of halogens is 1. The predicted octanol–water partition coefficient (Wildman–Crippen LogP) is 3.46. The SMILES string of the molecule is CCOc1ccc(C(=O)C2CCOC2C)cc1Br. The molecule has 0 bridgehead atoms.